The summed E-state index contributed by atoms with van der Waals surface area (Å²) in [4.78, 5) is 46.1. The number of carbonyl (C=O) groups is 2. The number of pyridine rings is 1. The van der Waals surface area contributed by atoms with E-state index in [1.165, 1.54) is 47.8 Å². The van der Waals surface area contributed by atoms with Crippen LogP contribution in [-0.4, -0.2) is 33.5 Å². The second kappa shape index (κ2) is 9.11. The van der Waals surface area contributed by atoms with Crippen LogP contribution in [0.1, 0.15) is 22.3 Å². The van der Waals surface area contributed by atoms with Gasteiger partial charge in [0.2, 0.25) is 5.91 Å². The number of amides is 1. The van der Waals surface area contributed by atoms with Gasteiger partial charge in [0.1, 0.15) is 4.83 Å². The normalized spacial score (nSPS) is 10.8. The first-order chi connectivity index (χ1) is 15.5. The van der Waals surface area contributed by atoms with Crippen molar-refractivity contribution in [2.45, 2.75) is 19.9 Å². The van der Waals surface area contributed by atoms with Crippen LogP contribution in [0.25, 0.3) is 21.3 Å². The van der Waals surface area contributed by atoms with Crippen molar-refractivity contribution in [3.63, 3.8) is 0 Å². The summed E-state index contributed by atoms with van der Waals surface area (Å²) in [5, 5.41) is 5.17. The first-order valence-electron chi connectivity index (χ1n) is 9.83. The number of rotatable bonds is 6. The molecule has 0 spiro atoms. The monoisotopic (exact) mass is 448 g/mol. The first-order valence-corrected chi connectivity index (χ1v) is 10.7. The van der Waals surface area contributed by atoms with Gasteiger partial charge >= 0.3 is 5.97 Å². The summed E-state index contributed by atoms with van der Waals surface area (Å²) in [6, 6.07) is 9.45. The lowest BCUT2D eigenvalue weighted by atomic mass is 10.1. The molecular weight excluding hydrogens is 428 g/mol. The molecule has 0 aliphatic carbocycles. The number of hydrogen-bond acceptors (Lipinski definition) is 7. The summed E-state index contributed by atoms with van der Waals surface area (Å²) < 4.78 is 6.09. The van der Waals surface area contributed by atoms with Crippen molar-refractivity contribution in [2.75, 3.05) is 12.4 Å². The minimum absolute atomic E-state index is 0.0551. The molecule has 1 aromatic carbocycles. The number of hydrogen-bond donors (Lipinski definition) is 1. The molecule has 0 fully saturated rings. The first kappa shape index (κ1) is 21.4. The number of carbonyl (C=O) groups excluding carboxylic acids is 2. The van der Waals surface area contributed by atoms with Gasteiger partial charge in [0.05, 0.1) is 36.3 Å². The highest BCUT2D eigenvalue weighted by atomic mass is 32.1. The Hall–Kier alpha value is -3.85. The molecule has 32 heavy (non-hydrogen) atoms. The van der Waals surface area contributed by atoms with E-state index < -0.39 is 5.97 Å². The molecule has 8 nitrogen and oxygen atoms in total. The van der Waals surface area contributed by atoms with Crippen molar-refractivity contribution in [3.8, 4) is 11.1 Å². The standard InChI is InChI=1S/C23H20N4O4S/c1-14-3-5-15(6-4-14)18-12-32-21-20(18)22(29)27(13-25-21)8-7-19(28)26-17-9-16(10-24-11-17)23(30)31-2/h3-6,9-13H,7-8H2,1-2H3,(H,26,28). The maximum Gasteiger partial charge on any atom is 0.339 e. The predicted molar refractivity (Wildman–Crippen MR) is 123 cm³/mol. The number of esters is 1. The Morgan fingerprint density at radius 1 is 1.19 bits per heavy atom. The topological polar surface area (TPSA) is 103 Å². The molecule has 4 aromatic rings. The van der Waals surface area contributed by atoms with Gasteiger partial charge in [-0.2, -0.15) is 0 Å². The highest BCUT2D eigenvalue weighted by Gasteiger charge is 2.14. The number of thiophene rings is 1. The Balaban J connectivity index is 1.51. The van der Waals surface area contributed by atoms with Crippen LogP contribution < -0.4 is 10.9 Å². The summed E-state index contributed by atoms with van der Waals surface area (Å²) in [6.07, 6.45) is 4.31. The van der Waals surface area contributed by atoms with Gasteiger partial charge in [0.25, 0.3) is 5.56 Å². The van der Waals surface area contributed by atoms with Crippen molar-refractivity contribution < 1.29 is 14.3 Å². The number of fused-ring (bicyclic) bond motifs is 1. The number of nitrogens with zero attached hydrogens (tertiary/aromatic N) is 3. The van der Waals surface area contributed by atoms with Crippen LogP contribution in [0.5, 0.6) is 0 Å². The van der Waals surface area contributed by atoms with E-state index >= 15 is 0 Å². The molecule has 0 aliphatic rings. The summed E-state index contributed by atoms with van der Waals surface area (Å²) in [7, 11) is 1.27. The lowest BCUT2D eigenvalue weighted by molar-refractivity contribution is -0.116. The Morgan fingerprint density at radius 3 is 2.72 bits per heavy atom. The van der Waals surface area contributed by atoms with Gasteiger partial charge in [-0.15, -0.1) is 11.3 Å². The average Bonchev–Trinajstić information content (AvgIpc) is 3.24. The van der Waals surface area contributed by atoms with Crippen molar-refractivity contribution in [1.82, 2.24) is 14.5 Å². The van der Waals surface area contributed by atoms with Crippen LogP contribution in [0, 0.1) is 6.92 Å². The van der Waals surface area contributed by atoms with Crippen molar-refractivity contribution in [3.05, 3.63) is 75.9 Å². The molecule has 1 amide bonds. The highest BCUT2D eigenvalue weighted by Crippen LogP contribution is 2.30. The average molecular weight is 449 g/mol. The van der Waals surface area contributed by atoms with E-state index in [2.05, 4.69) is 20.0 Å². The van der Waals surface area contributed by atoms with Crippen LogP contribution in [0.3, 0.4) is 0 Å². The van der Waals surface area contributed by atoms with Crippen LogP contribution in [-0.2, 0) is 16.1 Å². The fraction of sp³-hybridized carbons (Fsp3) is 0.174. The van der Waals surface area contributed by atoms with Gasteiger partial charge in [-0.25, -0.2) is 9.78 Å². The fourth-order valence-corrected chi connectivity index (χ4v) is 4.16. The number of ether oxygens (including phenoxy) is 1. The van der Waals surface area contributed by atoms with Crippen LogP contribution in [0.15, 0.2) is 59.2 Å². The zero-order valence-electron chi connectivity index (χ0n) is 17.5. The van der Waals surface area contributed by atoms with Crippen LogP contribution in [0.2, 0.25) is 0 Å². The molecule has 1 N–H and O–H groups in total. The van der Waals surface area contributed by atoms with Crippen molar-refractivity contribution in [1.29, 1.82) is 0 Å². The summed E-state index contributed by atoms with van der Waals surface area (Å²) >= 11 is 1.42. The van der Waals surface area contributed by atoms with Crippen LogP contribution in [0.4, 0.5) is 5.69 Å². The second-order valence-corrected chi connectivity index (χ2v) is 8.05. The van der Waals surface area contributed by atoms with Gasteiger partial charge in [0, 0.05) is 30.1 Å². The summed E-state index contributed by atoms with van der Waals surface area (Å²) in [6.45, 7) is 2.18. The van der Waals surface area contributed by atoms with E-state index in [1.54, 1.807) is 0 Å². The Kier molecular flexibility index (Phi) is 6.09. The van der Waals surface area contributed by atoms with Crippen molar-refractivity contribution in [2.24, 2.45) is 0 Å². The number of methoxy groups -OCH3 is 1. The fourth-order valence-electron chi connectivity index (χ4n) is 3.26. The number of aryl methyl sites for hydroxylation is 2. The van der Waals surface area contributed by atoms with Crippen LogP contribution >= 0.6 is 11.3 Å². The van der Waals surface area contributed by atoms with E-state index in [0.29, 0.717) is 15.9 Å². The molecule has 0 unspecified atom stereocenters. The van der Waals surface area contributed by atoms with E-state index in [9.17, 15) is 14.4 Å². The molecule has 0 saturated heterocycles. The molecule has 0 bridgehead atoms. The lowest BCUT2D eigenvalue weighted by Crippen LogP contribution is -2.23. The molecule has 3 heterocycles. The molecule has 4 rings (SSSR count). The molecule has 3 aromatic heterocycles. The summed E-state index contributed by atoms with van der Waals surface area (Å²) in [5.41, 5.74) is 3.35. The van der Waals surface area contributed by atoms with Gasteiger partial charge in [-0.1, -0.05) is 29.8 Å². The van der Waals surface area contributed by atoms with Gasteiger partial charge in [-0.05, 0) is 18.6 Å². The van der Waals surface area contributed by atoms with E-state index in [4.69, 9.17) is 0 Å². The molecule has 0 atom stereocenters. The molecule has 0 radical (unpaired) electrons. The minimum Gasteiger partial charge on any atom is -0.465 e. The second-order valence-electron chi connectivity index (χ2n) is 7.19. The number of benzene rings is 1. The molecule has 162 valence electrons. The molecule has 0 aliphatic heterocycles. The van der Waals surface area contributed by atoms with E-state index in [0.717, 1.165) is 16.7 Å². The van der Waals surface area contributed by atoms with Gasteiger partial charge in [0.15, 0.2) is 0 Å². The molecular formula is C23H20N4O4S. The zero-order valence-corrected chi connectivity index (χ0v) is 18.3. The minimum atomic E-state index is -0.542. The number of nitrogens with one attached hydrogen (secondary N) is 1. The quantitative estimate of drug-likeness (QED) is 0.452. The highest BCUT2D eigenvalue weighted by molar-refractivity contribution is 7.17. The zero-order chi connectivity index (χ0) is 22.7. The number of aromatic nitrogens is 3. The Bertz CT molecular complexity index is 1360. The van der Waals surface area contributed by atoms with Gasteiger partial charge < -0.3 is 10.1 Å². The third kappa shape index (κ3) is 4.42. The third-order valence-corrected chi connectivity index (χ3v) is 5.83. The lowest BCUT2D eigenvalue weighted by Gasteiger charge is -2.08. The maximum absolute atomic E-state index is 13.1. The van der Waals surface area contributed by atoms with Gasteiger partial charge in [-0.3, -0.25) is 19.1 Å². The predicted octanol–water partition coefficient (Wildman–Crippen LogP) is 3.64. The smallest absolute Gasteiger partial charge is 0.339 e. The number of anilines is 1. The Labute approximate surface area is 187 Å². The molecule has 9 heteroatoms. The third-order valence-electron chi connectivity index (χ3n) is 4.95. The van der Waals surface area contributed by atoms with E-state index in [1.807, 2.05) is 36.6 Å². The molecule has 0 saturated carbocycles. The van der Waals surface area contributed by atoms with Crippen molar-refractivity contribution >= 4 is 39.1 Å². The SMILES string of the molecule is COC(=O)c1cncc(NC(=O)CCn2cnc3scc(-c4ccc(C)cc4)c3c2=O)c1. The largest absolute Gasteiger partial charge is 0.465 e. The summed E-state index contributed by atoms with van der Waals surface area (Å²) in [5.74, 6) is -0.857. The Morgan fingerprint density at radius 2 is 1.97 bits per heavy atom. The van der Waals surface area contributed by atoms with E-state index in [-0.39, 0.29) is 30.0 Å². The maximum atomic E-state index is 13.1.